The number of rotatable bonds is 5. The molecule has 2 saturated heterocycles. The van der Waals surface area contributed by atoms with E-state index >= 15 is 0 Å². The van der Waals surface area contributed by atoms with Crippen LogP contribution in [0.25, 0.3) is 0 Å². The van der Waals surface area contributed by atoms with Gasteiger partial charge in [-0.2, -0.15) is 4.31 Å². The number of aliphatic hydroxyl groups is 1. The van der Waals surface area contributed by atoms with Crippen molar-refractivity contribution in [2.24, 2.45) is 35.5 Å². The highest BCUT2D eigenvalue weighted by Gasteiger charge is 2.60. The fraction of sp³-hybridized carbons (Fsp3) is 1.00. The molecule has 0 aromatic carbocycles. The summed E-state index contributed by atoms with van der Waals surface area (Å²) >= 11 is 0. The molecule has 3 saturated carbocycles. The average molecular weight is 599 g/mol. The van der Waals surface area contributed by atoms with E-state index in [-0.39, 0.29) is 37.7 Å². The molecule has 2 aliphatic heterocycles. The van der Waals surface area contributed by atoms with Crippen LogP contribution in [0.2, 0.25) is 0 Å². The van der Waals surface area contributed by atoms with Gasteiger partial charge in [-0.25, -0.2) is 30.4 Å². The molecule has 5 nitrogen and oxygen atoms in total. The first kappa shape index (κ1) is 30.9. The minimum absolute atomic E-state index is 0.00340. The standard InChI is InChI=1S/C29H47F5N2O3S/c1-16-6-5-7-20(17(16)2)18-8-10-19(11-9-18)23-21-14-35(12-3-4-13-36(21)22(23)15-37)40(38,39)29-27(33)25(31)24(30)26(32)28(29)34/h16-29,37H,3-15H2,1-2H3/t16?,17?,18?,19?,20?,21?,22-,23+,24?,25?,26?,27?,28?,29?/m1/s1. The number of fused-ring (bicyclic) bond motifs is 1. The van der Waals surface area contributed by atoms with Crippen molar-refractivity contribution in [2.45, 2.75) is 120 Å². The van der Waals surface area contributed by atoms with Crippen LogP contribution in [0.1, 0.15) is 71.6 Å². The Balaban J connectivity index is 1.31. The minimum atomic E-state index is -4.80. The van der Waals surface area contributed by atoms with E-state index in [2.05, 4.69) is 18.7 Å². The quantitative estimate of drug-likeness (QED) is 0.452. The zero-order valence-electron chi connectivity index (χ0n) is 23.7. The van der Waals surface area contributed by atoms with Crippen LogP contribution in [0.15, 0.2) is 0 Å². The number of halogens is 5. The maximum atomic E-state index is 14.8. The van der Waals surface area contributed by atoms with Crippen molar-refractivity contribution in [3.63, 3.8) is 0 Å². The van der Waals surface area contributed by atoms with Gasteiger partial charge in [0.15, 0.2) is 30.9 Å². The summed E-state index contributed by atoms with van der Waals surface area (Å²) in [5, 5.41) is 7.69. The molecule has 2 heterocycles. The van der Waals surface area contributed by atoms with Crippen LogP contribution in [0, 0.1) is 35.5 Å². The molecule has 232 valence electrons. The lowest BCUT2D eigenvalue weighted by Gasteiger charge is -2.60. The molecule has 0 aromatic heterocycles. The van der Waals surface area contributed by atoms with Gasteiger partial charge in [0, 0.05) is 25.2 Å². The fourth-order valence-electron chi connectivity index (χ4n) is 9.18. The maximum absolute atomic E-state index is 14.8. The third-order valence-electron chi connectivity index (χ3n) is 11.7. The van der Waals surface area contributed by atoms with E-state index in [0.29, 0.717) is 37.1 Å². The van der Waals surface area contributed by atoms with E-state index in [1.807, 2.05) is 0 Å². The van der Waals surface area contributed by atoms with E-state index in [4.69, 9.17) is 0 Å². The third-order valence-corrected chi connectivity index (χ3v) is 13.9. The van der Waals surface area contributed by atoms with Crippen molar-refractivity contribution in [3.8, 4) is 0 Å². The first-order chi connectivity index (χ1) is 19.0. The van der Waals surface area contributed by atoms with Crippen LogP contribution in [-0.4, -0.2) is 97.2 Å². The maximum Gasteiger partial charge on any atom is 0.223 e. The summed E-state index contributed by atoms with van der Waals surface area (Å²) < 4.78 is 99.8. The van der Waals surface area contributed by atoms with Crippen molar-refractivity contribution < 1.29 is 35.5 Å². The molecule has 0 bridgehead atoms. The zero-order chi connectivity index (χ0) is 28.9. The van der Waals surface area contributed by atoms with Gasteiger partial charge in [0.05, 0.1) is 6.61 Å². The molecule has 0 amide bonds. The Labute approximate surface area is 236 Å². The Morgan fingerprint density at radius 1 is 0.750 bits per heavy atom. The molecular weight excluding hydrogens is 551 g/mol. The average Bonchev–Trinajstić information content (AvgIpc) is 2.91. The van der Waals surface area contributed by atoms with Crippen LogP contribution < -0.4 is 0 Å². The molecule has 1 N–H and O–H groups in total. The molecule has 0 aromatic rings. The van der Waals surface area contributed by atoms with Crippen molar-refractivity contribution in [3.05, 3.63) is 0 Å². The Morgan fingerprint density at radius 2 is 1.32 bits per heavy atom. The smallest absolute Gasteiger partial charge is 0.223 e. The highest BCUT2D eigenvalue weighted by atomic mass is 32.2. The molecule has 11 heteroatoms. The number of sulfonamides is 1. The van der Waals surface area contributed by atoms with Crippen molar-refractivity contribution >= 4 is 10.0 Å². The third kappa shape index (κ3) is 5.36. The number of alkyl halides is 5. The van der Waals surface area contributed by atoms with E-state index in [0.717, 1.165) is 41.8 Å². The van der Waals surface area contributed by atoms with Gasteiger partial charge in [0.25, 0.3) is 0 Å². The second-order valence-electron chi connectivity index (χ2n) is 13.5. The van der Waals surface area contributed by atoms with Crippen molar-refractivity contribution in [1.29, 1.82) is 0 Å². The van der Waals surface area contributed by atoms with E-state index in [9.17, 15) is 35.5 Å². The van der Waals surface area contributed by atoms with Gasteiger partial charge in [-0.1, -0.05) is 26.7 Å². The Morgan fingerprint density at radius 3 is 1.95 bits per heavy atom. The van der Waals surface area contributed by atoms with Crippen molar-refractivity contribution in [2.75, 3.05) is 26.2 Å². The lowest BCUT2D eigenvalue weighted by Crippen LogP contribution is -2.72. The normalized spacial score (nSPS) is 49.9. The molecule has 5 aliphatic rings. The molecule has 10 atom stereocenters. The number of aliphatic hydroxyl groups excluding tert-OH is 1. The highest BCUT2D eigenvalue weighted by molar-refractivity contribution is 7.89. The van der Waals surface area contributed by atoms with Gasteiger partial charge >= 0.3 is 0 Å². The van der Waals surface area contributed by atoms with Gasteiger partial charge in [-0.15, -0.1) is 0 Å². The molecular formula is C29H47F5N2O3S. The largest absolute Gasteiger partial charge is 0.395 e. The second kappa shape index (κ2) is 12.2. The van der Waals surface area contributed by atoms with Gasteiger partial charge < -0.3 is 5.11 Å². The molecule has 5 fully saturated rings. The van der Waals surface area contributed by atoms with Crippen LogP contribution >= 0.6 is 0 Å². The summed E-state index contributed by atoms with van der Waals surface area (Å²) in [6.45, 7) is 5.34. The molecule has 0 radical (unpaired) electrons. The van der Waals surface area contributed by atoms with Crippen LogP contribution in [0.5, 0.6) is 0 Å². The first-order valence-electron chi connectivity index (χ1n) is 15.5. The number of hydrogen-bond donors (Lipinski definition) is 1. The summed E-state index contributed by atoms with van der Waals surface area (Å²) in [5.41, 5.74) is 0. The van der Waals surface area contributed by atoms with Gasteiger partial charge in [0.2, 0.25) is 10.0 Å². The molecule has 40 heavy (non-hydrogen) atoms. The molecule has 5 rings (SSSR count). The highest BCUT2D eigenvalue weighted by Crippen LogP contribution is 2.50. The molecule has 0 spiro atoms. The monoisotopic (exact) mass is 598 g/mol. The Hall–Kier alpha value is -0.520. The predicted octanol–water partition coefficient (Wildman–Crippen LogP) is 5.02. The second-order valence-corrected chi connectivity index (χ2v) is 15.6. The lowest BCUT2D eigenvalue weighted by molar-refractivity contribution is -0.124. The van der Waals surface area contributed by atoms with Gasteiger partial charge in [0.1, 0.15) is 5.25 Å². The van der Waals surface area contributed by atoms with E-state index in [1.165, 1.54) is 19.3 Å². The van der Waals surface area contributed by atoms with E-state index < -0.39 is 46.1 Å². The fourth-order valence-corrected chi connectivity index (χ4v) is 11.2. The minimum Gasteiger partial charge on any atom is -0.395 e. The summed E-state index contributed by atoms with van der Waals surface area (Å²) in [6.07, 6.45) is -5.91. The SMILES string of the molecule is CC1CCCC(C2CCC([C@H]3C4CN(S(=O)(=O)C5C(F)C(F)C(F)C(F)C5F)CCCCN4[C@@H]3CO)CC2)C1C. The van der Waals surface area contributed by atoms with Crippen LogP contribution in [0.3, 0.4) is 0 Å². The number of hydrogen-bond acceptors (Lipinski definition) is 4. The summed E-state index contributed by atoms with van der Waals surface area (Å²) in [4.78, 5) is 2.11. The first-order valence-corrected chi connectivity index (χ1v) is 17.0. The number of nitrogens with zero attached hydrogens (tertiary/aromatic N) is 2. The summed E-state index contributed by atoms with van der Waals surface area (Å²) in [7, 11) is -4.80. The molecule has 8 unspecified atom stereocenters. The van der Waals surface area contributed by atoms with Crippen LogP contribution in [-0.2, 0) is 10.0 Å². The predicted molar refractivity (Wildman–Crippen MR) is 144 cm³/mol. The summed E-state index contributed by atoms with van der Waals surface area (Å²) in [5.74, 6) is 3.22. The zero-order valence-corrected chi connectivity index (χ0v) is 24.5. The van der Waals surface area contributed by atoms with E-state index in [1.54, 1.807) is 0 Å². The summed E-state index contributed by atoms with van der Waals surface area (Å²) in [6, 6.07) is -0.337. The topological polar surface area (TPSA) is 60.9 Å². The molecule has 3 aliphatic carbocycles. The lowest BCUT2D eigenvalue weighted by atomic mass is 9.60. The van der Waals surface area contributed by atoms with Crippen LogP contribution in [0.4, 0.5) is 22.0 Å². The van der Waals surface area contributed by atoms with Crippen molar-refractivity contribution in [1.82, 2.24) is 9.21 Å². The Kier molecular flexibility index (Phi) is 9.45. The van der Waals surface area contributed by atoms with Gasteiger partial charge in [-0.05, 0) is 87.0 Å². The van der Waals surface area contributed by atoms with Gasteiger partial charge in [-0.3, -0.25) is 4.90 Å². The Bertz CT molecular complexity index is 953.